The van der Waals surface area contributed by atoms with Crippen LogP contribution in [0.15, 0.2) is 51.5 Å². The van der Waals surface area contributed by atoms with Crippen LogP contribution in [0.1, 0.15) is 12.3 Å². The number of aryl methyl sites for hydroxylation is 1. The number of hydrogen-bond acceptors (Lipinski definition) is 8. The maximum atomic E-state index is 5.43. The van der Waals surface area contributed by atoms with Gasteiger partial charge in [-0.2, -0.15) is 4.98 Å². The predicted molar refractivity (Wildman–Crippen MR) is 110 cm³/mol. The zero-order chi connectivity index (χ0) is 19.3. The second-order valence-corrected chi connectivity index (χ2v) is 8.02. The van der Waals surface area contributed by atoms with Crippen molar-refractivity contribution in [3.05, 3.63) is 47.7 Å². The van der Waals surface area contributed by atoms with Crippen LogP contribution in [0.3, 0.4) is 0 Å². The van der Waals surface area contributed by atoms with Crippen molar-refractivity contribution in [3.63, 3.8) is 0 Å². The highest BCUT2D eigenvalue weighted by molar-refractivity contribution is 7.99. The van der Waals surface area contributed by atoms with E-state index in [9.17, 15) is 0 Å². The van der Waals surface area contributed by atoms with Gasteiger partial charge in [-0.15, -0.1) is 21.5 Å². The molecule has 144 valence electrons. The molecule has 0 fully saturated rings. The van der Waals surface area contributed by atoms with Gasteiger partial charge in [-0.1, -0.05) is 35.1 Å². The molecule has 0 aliphatic heterocycles. The number of methoxy groups -OCH3 is 1. The summed E-state index contributed by atoms with van der Waals surface area (Å²) < 4.78 is 12.8. The smallest absolute Gasteiger partial charge is 0.227 e. The van der Waals surface area contributed by atoms with E-state index in [0.29, 0.717) is 11.7 Å². The predicted octanol–water partition coefficient (Wildman–Crippen LogP) is 4.33. The lowest BCUT2D eigenvalue weighted by molar-refractivity contribution is 0.378. The Kier molecular flexibility index (Phi) is 5.73. The van der Waals surface area contributed by atoms with Gasteiger partial charge in [0, 0.05) is 19.2 Å². The van der Waals surface area contributed by atoms with Gasteiger partial charge in [0.2, 0.25) is 11.7 Å². The number of para-hydroxylation sites is 1. The van der Waals surface area contributed by atoms with Crippen molar-refractivity contribution in [2.45, 2.75) is 18.0 Å². The molecule has 0 saturated carbocycles. The summed E-state index contributed by atoms with van der Waals surface area (Å²) in [7, 11) is 3.63. The van der Waals surface area contributed by atoms with Crippen LogP contribution in [-0.2, 0) is 13.5 Å². The number of nitrogens with zero attached hydrogens (tertiary/aromatic N) is 5. The highest BCUT2D eigenvalue weighted by Gasteiger charge is 2.15. The summed E-state index contributed by atoms with van der Waals surface area (Å²) >= 11 is 3.26. The SMILES string of the molecule is COc1ccccc1-c1nnc(SCCCc2nc(-c3cccs3)no2)n1C. The average molecular weight is 414 g/mol. The Bertz CT molecular complexity index is 1040. The van der Waals surface area contributed by atoms with E-state index in [-0.39, 0.29) is 0 Å². The normalized spacial score (nSPS) is 11.1. The van der Waals surface area contributed by atoms with Gasteiger partial charge in [0.05, 0.1) is 17.6 Å². The topological polar surface area (TPSA) is 78.9 Å². The number of thioether (sulfide) groups is 1. The van der Waals surface area contributed by atoms with E-state index in [2.05, 4.69) is 20.3 Å². The highest BCUT2D eigenvalue weighted by Crippen LogP contribution is 2.30. The molecule has 3 heterocycles. The van der Waals surface area contributed by atoms with Crippen LogP contribution in [0.4, 0.5) is 0 Å². The molecule has 0 aliphatic carbocycles. The highest BCUT2D eigenvalue weighted by atomic mass is 32.2. The first kappa shape index (κ1) is 18.7. The Morgan fingerprint density at radius 2 is 2.07 bits per heavy atom. The fourth-order valence-corrected chi connectivity index (χ4v) is 4.25. The molecule has 0 radical (unpaired) electrons. The van der Waals surface area contributed by atoms with Crippen molar-refractivity contribution in [1.82, 2.24) is 24.9 Å². The number of ether oxygens (including phenoxy) is 1. The lowest BCUT2D eigenvalue weighted by Crippen LogP contribution is -1.97. The van der Waals surface area contributed by atoms with Crippen molar-refractivity contribution in [1.29, 1.82) is 0 Å². The lowest BCUT2D eigenvalue weighted by atomic mass is 10.2. The molecule has 0 aliphatic rings. The van der Waals surface area contributed by atoms with Crippen LogP contribution in [-0.4, -0.2) is 37.8 Å². The van der Waals surface area contributed by atoms with E-state index in [1.54, 1.807) is 30.2 Å². The summed E-state index contributed by atoms with van der Waals surface area (Å²) in [5, 5.41) is 15.6. The van der Waals surface area contributed by atoms with Gasteiger partial charge >= 0.3 is 0 Å². The first-order valence-electron chi connectivity index (χ1n) is 8.78. The van der Waals surface area contributed by atoms with Gasteiger partial charge in [0.25, 0.3) is 0 Å². The third-order valence-corrected chi connectivity index (χ3v) is 6.13. The number of benzene rings is 1. The molecule has 0 bridgehead atoms. The zero-order valence-corrected chi connectivity index (χ0v) is 17.2. The Balaban J connectivity index is 1.34. The molecule has 28 heavy (non-hydrogen) atoms. The van der Waals surface area contributed by atoms with Crippen molar-refractivity contribution >= 4 is 23.1 Å². The van der Waals surface area contributed by atoms with Crippen LogP contribution >= 0.6 is 23.1 Å². The minimum Gasteiger partial charge on any atom is -0.496 e. The third kappa shape index (κ3) is 3.95. The molecule has 0 unspecified atom stereocenters. The van der Waals surface area contributed by atoms with Gasteiger partial charge in [-0.3, -0.25) is 0 Å². The standard InChI is InChI=1S/C19H19N5O2S2/c1-24-18(13-7-3-4-8-14(13)25-2)21-22-19(24)28-12-6-10-16-20-17(23-26-16)15-9-5-11-27-15/h3-5,7-9,11H,6,10,12H2,1-2H3. The second kappa shape index (κ2) is 8.57. The molecule has 4 aromatic rings. The van der Waals surface area contributed by atoms with Crippen molar-refractivity contribution in [2.75, 3.05) is 12.9 Å². The van der Waals surface area contributed by atoms with E-state index in [1.165, 1.54) is 0 Å². The number of hydrogen-bond donors (Lipinski definition) is 0. The maximum absolute atomic E-state index is 5.43. The third-order valence-electron chi connectivity index (χ3n) is 4.16. The van der Waals surface area contributed by atoms with E-state index in [1.807, 2.05) is 53.4 Å². The fraction of sp³-hybridized carbons (Fsp3) is 0.263. The molecule has 0 atom stereocenters. The van der Waals surface area contributed by atoms with Crippen LogP contribution in [0.5, 0.6) is 5.75 Å². The summed E-state index contributed by atoms with van der Waals surface area (Å²) in [6.45, 7) is 0. The lowest BCUT2D eigenvalue weighted by Gasteiger charge is -2.08. The zero-order valence-electron chi connectivity index (χ0n) is 15.5. The van der Waals surface area contributed by atoms with E-state index in [0.717, 1.165) is 45.8 Å². The number of rotatable bonds is 8. The van der Waals surface area contributed by atoms with E-state index < -0.39 is 0 Å². The monoisotopic (exact) mass is 413 g/mol. The summed E-state index contributed by atoms with van der Waals surface area (Å²) in [5.41, 5.74) is 0.929. The number of aromatic nitrogens is 5. The first-order valence-corrected chi connectivity index (χ1v) is 10.6. The van der Waals surface area contributed by atoms with Crippen molar-refractivity contribution < 1.29 is 9.26 Å². The van der Waals surface area contributed by atoms with Crippen molar-refractivity contribution in [2.24, 2.45) is 7.05 Å². The largest absolute Gasteiger partial charge is 0.496 e. The van der Waals surface area contributed by atoms with Crippen LogP contribution < -0.4 is 4.74 Å². The molecule has 3 aromatic heterocycles. The van der Waals surface area contributed by atoms with E-state index >= 15 is 0 Å². The summed E-state index contributed by atoms with van der Waals surface area (Å²) in [6, 6.07) is 11.8. The molecule has 9 heteroatoms. The second-order valence-electron chi connectivity index (χ2n) is 6.01. The van der Waals surface area contributed by atoms with Gasteiger partial charge in [0.1, 0.15) is 5.75 Å². The van der Waals surface area contributed by atoms with E-state index in [4.69, 9.17) is 9.26 Å². The van der Waals surface area contributed by atoms with Crippen LogP contribution in [0, 0.1) is 0 Å². The van der Waals surface area contributed by atoms with Gasteiger partial charge in [-0.05, 0) is 30.0 Å². The Morgan fingerprint density at radius 3 is 2.89 bits per heavy atom. The molecule has 0 amide bonds. The summed E-state index contributed by atoms with van der Waals surface area (Å²) in [4.78, 5) is 5.47. The molecule has 0 N–H and O–H groups in total. The van der Waals surface area contributed by atoms with Crippen LogP contribution in [0.2, 0.25) is 0 Å². The minimum atomic E-state index is 0.660. The summed E-state index contributed by atoms with van der Waals surface area (Å²) in [6.07, 6.45) is 1.65. The molecule has 1 aromatic carbocycles. The molecule has 0 spiro atoms. The molecule has 7 nitrogen and oxygen atoms in total. The molecule has 4 rings (SSSR count). The van der Waals surface area contributed by atoms with Crippen molar-refractivity contribution in [3.8, 4) is 27.8 Å². The molecule has 0 saturated heterocycles. The van der Waals surface area contributed by atoms with Gasteiger partial charge in [-0.25, -0.2) is 0 Å². The number of thiophene rings is 1. The molecular formula is C19H19N5O2S2. The fourth-order valence-electron chi connectivity index (χ4n) is 2.75. The first-order chi connectivity index (χ1) is 13.8. The van der Waals surface area contributed by atoms with Gasteiger partial charge < -0.3 is 13.8 Å². The Morgan fingerprint density at radius 1 is 1.18 bits per heavy atom. The maximum Gasteiger partial charge on any atom is 0.227 e. The molecular weight excluding hydrogens is 394 g/mol. The minimum absolute atomic E-state index is 0.660. The Hall–Kier alpha value is -2.65. The summed E-state index contributed by atoms with van der Waals surface area (Å²) in [5.74, 6) is 3.78. The van der Waals surface area contributed by atoms with Crippen LogP contribution in [0.25, 0.3) is 22.1 Å². The Labute approximate surface area is 170 Å². The quantitative estimate of drug-likeness (QED) is 0.314. The van der Waals surface area contributed by atoms with Gasteiger partial charge in [0.15, 0.2) is 11.0 Å². The average Bonchev–Trinajstić information content (AvgIpc) is 3.47.